The lowest BCUT2D eigenvalue weighted by Gasteiger charge is -2.02. The van der Waals surface area contributed by atoms with Crippen molar-refractivity contribution in [3.05, 3.63) is 41.1 Å². The van der Waals surface area contributed by atoms with Crippen molar-refractivity contribution < 1.29 is 9.53 Å². The van der Waals surface area contributed by atoms with E-state index in [0.717, 1.165) is 11.2 Å². The molecule has 0 saturated carbocycles. The second-order valence-corrected chi connectivity index (χ2v) is 4.29. The largest absolute Gasteiger partial charge is 0.465 e. The van der Waals surface area contributed by atoms with Crippen LogP contribution < -0.4 is 0 Å². The number of methoxy groups -OCH3 is 1. The molecule has 94 valence electrons. The van der Waals surface area contributed by atoms with E-state index < -0.39 is 0 Å². The van der Waals surface area contributed by atoms with E-state index in [4.69, 9.17) is 4.74 Å². The van der Waals surface area contributed by atoms with Gasteiger partial charge in [-0.2, -0.15) is 0 Å². The van der Waals surface area contributed by atoms with Crippen LogP contribution in [0.3, 0.4) is 0 Å². The molecule has 0 saturated heterocycles. The Morgan fingerprint density at radius 3 is 2.72 bits per heavy atom. The lowest BCUT2D eigenvalue weighted by Crippen LogP contribution is -2.01. The molecule has 0 atom stereocenters. The zero-order chi connectivity index (χ0) is 13.3. The Labute approximate surface area is 107 Å². The summed E-state index contributed by atoms with van der Waals surface area (Å²) in [6, 6.07) is 5.66. The van der Waals surface area contributed by atoms with E-state index in [1.165, 1.54) is 18.1 Å². The Morgan fingerprint density at radius 1 is 1.39 bits per heavy atom. The van der Waals surface area contributed by atoms with Gasteiger partial charge in [0, 0.05) is 23.6 Å². The molecule has 0 spiro atoms. The van der Waals surface area contributed by atoms with Gasteiger partial charge in [0.1, 0.15) is 0 Å². The van der Waals surface area contributed by atoms with E-state index >= 15 is 0 Å². The van der Waals surface area contributed by atoms with Gasteiger partial charge < -0.3 is 9.30 Å². The van der Waals surface area contributed by atoms with Crippen molar-refractivity contribution in [1.29, 1.82) is 0 Å². The number of nitrogens with zero attached hydrogens (tertiary/aromatic N) is 1. The van der Waals surface area contributed by atoms with Gasteiger partial charge in [-0.3, -0.25) is 0 Å². The maximum atomic E-state index is 11.5. The number of carbonyl (C=O) groups is 1. The van der Waals surface area contributed by atoms with Crippen molar-refractivity contribution >= 4 is 22.9 Å². The predicted molar refractivity (Wildman–Crippen MR) is 73.7 cm³/mol. The number of esters is 1. The SMILES string of the molecule is C/C=C/c1c(C)c2ccc(C(=O)OC)cc2n1C. The van der Waals surface area contributed by atoms with E-state index in [0.29, 0.717) is 5.56 Å². The maximum absolute atomic E-state index is 11.5. The van der Waals surface area contributed by atoms with Gasteiger partial charge in [0.15, 0.2) is 0 Å². The number of aromatic nitrogens is 1. The van der Waals surface area contributed by atoms with E-state index in [2.05, 4.69) is 17.6 Å². The fourth-order valence-electron chi connectivity index (χ4n) is 2.29. The van der Waals surface area contributed by atoms with Crippen molar-refractivity contribution in [2.24, 2.45) is 7.05 Å². The molecular weight excluding hydrogens is 226 g/mol. The van der Waals surface area contributed by atoms with Crippen molar-refractivity contribution in [3.63, 3.8) is 0 Å². The van der Waals surface area contributed by atoms with Gasteiger partial charge in [-0.1, -0.05) is 12.1 Å². The number of benzene rings is 1. The molecule has 0 aliphatic rings. The van der Waals surface area contributed by atoms with Gasteiger partial charge in [0.05, 0.1) is 12.7 Å². The second kappa shape index (κ2) is 4.69. The smallest absolute Gasteiger partial charge is 0.337 e. The normalized spacial score (nSPS) is 11.3. The van der Waals surface area contributed by atoms with Crippen molar-refractivity contribution in [1.82, 2.24) is 4.57 Å². The average molecular weight is 243 g/mol. The summed E-state index contributed by atoms with van der Waals surface area (Å²) in [7, 11) is 3.40. The van der Waals surface area contributed by atoms with Gasteiger partial charge >= 0.3 is 5.97 Å². The molecule has 3 heteroatoms. The monoisotopic (exact) mass is 243 g/mol. The fourth-order valence-corrected chi connectivity index (χ4v) is 2.29. The molecule has 0 amide bonds. The summed E-state index contributed by atoms with van der Waals surface area (Å²) in [5.41, 5.74) is 4.01. The lowest BCUT2D eigenvalue weighted by atomic mass is 10.1. The zero-order valence-corrected chi connectivity index (χ0v) is 11.2. The number of allylic oxidation sites excluding steroid dienone is 1. The van der Waals surface area contributed by atoms with Crippen LogP contribution in [0.5, 0.6) is 0 Å². The van der Waals surface area contributed by atoms with Gasteiger partial charge in [0.25, 0.3) is 0 Å². The molecule has 0 bridgehead atoms. The van der Waals surface area contributed by atoms with E-state index in [-0.39, 0.29) is 5.97 Å². The Morgan fingerprint density at radius 2 is 2.11 bits per heavy atom. The Bertz CT molecular complexity index is 635. The van der Waals surface area contributed by atoms with Crippen molar-refractivity contribution in [3.8, 4) is 0 Å². The number of ether oxygens (including phenoxy) is 1. The minimum atomic E-state index is -0.302. The minimum absolute atomic E-state index is 0.302. The summed E-state index contributed by atoms with van der Waals surface area (Å²) in [6.07, 6.45) is 4.09. The molecule has 18 heavy (non-hydrogen) atoms. The van der Waals surface area contributed by atoms with E-state index in [1.807, 2.05) is 32.2 Å². The van der Waals surface area contributed by atoms with Crippen molar-refractivity contribution in [2.75, 3.05) is 7.11 Å². The molecule has 0 aliphatic carbocycles. The highest BCUT2D eigenvalue weighted by Crippen LogP contribution is 2.26. The molecular formula is C15H17NO2. The summed E-state index contributed by atoms with van der Waals surface area (Å²) in [4.78, 5) is 11.5. The number of fused-ring (bicyclic) bond motifs is 1. The highest BCUT2D eigenvalue weighted by molar-refractivity contribution is 5.96. The number of carbonyl (C=O) groups excluding carboxylic acids is 1. The number of hydrogen-bond acceptors (Lipinski definition) is 2. The van der Waals surface area contributed by atoms with Crippen LogP contribution in [0.1, 0.15) is 28.5 Å². The first kappa shape index (κ1) is 12.4. The maximum Gasteiger partial charge on any atom is 0.337 e. The standard InChI is InChI=1S/C15H17NO2/c1-5-6-13-10(2)12-8-7-11(15(17)18-4)9-14(12)16(13)3/h5-9H,1-4H3/b6-5+. The van der Waals surface area contributed by atoms with Crippen LogP contribution in [0.2, 0.25) is 0 Å². The van der Waals surface area contributed by atoms with Gasteiger partial charge in [-0.25, -0.2) is 4.79 Å². The minimum Gasteiger partial charge on any atom is -0.465 e. The first-order valence-electron chi connectivity index (χ1n) is 5.90. The molecule has 2 aromatic rings. The van der Waals surface area contributed by atoms with Gasteiger partial charge in [-0.05, 0) is 37.6 Å². The molecule has 2 rings (SSSR count). The molecule has 0 N–H and O–H groups in total. The molecule has 1 aromatic carbocycles. The Balaban J connectivity index is 2.71. The quantitative estimate of drug-likeness (QED) is 0.758. The summed E-state index contributed by atoms with van der Waals surface area (Å²) in [5, 5.41) is 1.17. The highest BCUT2D eigenvalue weighted by atomic mass is 16.5. The van der Waals surface area contributed by atoms with E-state index in [1.54, 1.807) is 6.07 Å². The summed E-state index contributed by atoms with van der Waals surface area (Å²) < 4.78 is 6.84. The molecule has 3 nitrogen and oxygen atoms in total. The highest BCUT2D eigenvalue weighted by Gasteiger charge is 2.12. The third-order valence-corrected chi connectivity index (χ3v) is 3.25. The topological polar surface area (TPSA) is 31.2 Å². The van der Waals surface area contributed by atoms with Crippen LogP contribution in [0.4, 0.5) is 0 Å². The van der Waals surface area contributed by atoms with Crippen LogP contribution in [-0.2, 0) is 11.8 Å². The molecule has 0 radical (unpaired) electrons. The average Bonchev–Trinajstić information content (AvgIpc) is 2.63. The lowest BCUT2D eigenvalue weighted by molar-refractivity contribution is 0.0601. The summed E-state index contributed by atoms with van der Waals surface area (Å²) >= 11 is 0. The summed E-state index contributed by atoms with van der Waals surface area (Å²) in [5.74, 6) is -0.302. The molecule has 0 aliphatic heterocycles. The van der Waals surface area contributed by atoms with Crippen molar-refractivity contribution in [2.45, 2.75) is 13.8 Å². The number of aryl methyl sites for hydroxylation is 2. The first-order valence-corrected chi connectivity index (χ1v) is 5.90. The van der Waals surface area contributed by atoms with Crippen LogP contribution >= 0.6 is 0 Å². The third-order valence-electron chi connectivity index (χ3n) is 3.25. The fraction of sp³-hybridized carbons (Fsp3) is 0.267. The Hall–Kier alpha value is -2.03. The second-order valence-electron chi connectivity index (χ2n) is 4.29. The third kappa shape index (κ3) is 1.82. The van der Waals surface area contributed by atoms with Crippen LogP contribution in [0, 0.1) is 6.92 Å². The van der Waals surface area contributed by atoms with Crippen LogP contribution in [-0.4, -0.2) is 17.6 Å². The molecule has 0 fully saturated rings. The molecule has 1 heterocycles. The predicted octanol–water partition coefficient (Wildman–Crippen LogP) is 3.31. The summed E-state index contributed by atoms with van der Waals surface area (Å²) in [6.45, 7) is 4.09. The van der Waals surface area contributed by atoms with Crippen LogP contribution in [0.25, 0.3) is 17.0 Å². The Kier molecular flexibility index (Phi) is 3.24. The number of rotatable bonds is 2. The first-order chi connectivity index (χ1) is 8.60. The van der Waals surface area contributed by atoms with E-state index in [9.17, 15) is 4.79 Å². The van der Waals surface area contributed by atoms with Crippen LogP contribution in [0.15, 0.2) is 24.3 Å². The molecule has 0 unspecified atom stereocenters. The number of hydrogen-bond donors (Lipinski definition) is 0. The van der Waals surface area contributed by atoms with Gasteiger partial charge in [-0.15, -0.1) is 0 Å². The molecule has 1 aromatic heterocycles. The zero-order valence-electron chi connectivity index (χ0n) is 11.2. The van der Waals surface area contributed by atoms with Gasteiger partial charge in [0.2, 0.25) is 0 Å².